The lowest BCUT2D eigenvalue weighted by Crippen LogP contribution is -2.40. The fraction of sp³-hybridized carbons (Fsp3) is 0.933. The second-order valence-corrected chi connectivity index (χ2v) is 5.38. The lowest BCUT2D eigenvalue weighted by Gasteiger charge is -2.16. The summed E-state index contributed by atoms with van der Waals surface area (Å²) in [5.74, 6) is 2.24. The van der Waals surface area contributed by atoms with E-state index in [0.29, 0.717) is 5.92 Å². The van der Waals surface area contributed by atoms with Crippen LogP contribution in [0.15, 0.2) is 4.99 Å². The van der Waals surface area contributed by atoms with E-state index in [1.54, 1.807) is 0 Å². The molecule has 0 atom stereocenters. The molecule has 0 radical (unpaired) electrons. The Balaban J connectivity index is 3.60. The summed E-state index contributed by atoms with van der Waals surface area (Å²) in [6.07, 6.45) is 3.44. The topological polar surface area (TPSA) is 45.7 Å². The summed E-state index contributed by atoms with van der Waals surface area (Å²) in [6.45, 7) is 12.4. The van der Waals surface area contributed by atoms with Gasteiger partial charge in [0.25, 0.3) is 0 Å². The molecule has 0 aliphatic heterocycles. The summed E-state index contributed by atoms with van der Waals surface area (Å²) in [7, 11) is 1.82. The molecule has 114 valence electrons. The third kappa shape index (κ3) is 10.8. The largest absolute Gasteiger partial charge is 0.381 e. The maximum Gasteiger partial charge on any atom is 0.190 e. The van der Waals surface area contributed by atoms with Gasteiger partial charge < -0.3 is 15.4 Å². The minimum absolute atomic E-state index is 0.613. The number of guanidine groups is 1. The van der Waals surface area contributed by atoms with Crippen molar-refractivity contribution in [3.05, 3.63) is 0 Å². The molecular weight excluding hydrogens is 238 g/mol. The van der Waals surface area contributed by atoms with Gasteiger partial charge in [0.05, 0.1) is 0 Å². The summed E-state index contributed by atoms with van der Waals surface area (Å²) in [4.78, 5) is 4.23. The highest BCUT2D eigenvalue weighted by Gasteiger charge is 2.04. The smallest absolute Gasteiger partial charge is 0.190 e. The van der Waals surface area contributed by atoms with Gasteiger partial charge in [0.1, 0.15) is 0 Å². The first-order valence-electron chi connectivity index (χ1n) is 7.66. The van der Waals surface area contributed by atoms with Crippen molar-refractivity contribution in [1.82, 2.24) is 10.6 Å². The summed E-state index contributed by atoms with van der Waals surface area (Å²) in [6, 6.07) is 0. The minimum atomic E-state index is 0.613. The molecule has 0 saturated carbocycles. The second-order valence-electron chi connectivity index (χ2n) is 5.38. The molecule has 0 spiro atoms. The van der Waals surface area contributed by atoms with Crippen LogP contribution in [0.2, 0.25) is 0 Å². The van der Waals surface area contributed by atoms with Gasteiger partial charge in [-0.3, -0.25) is 4.99 Å². The zero-order chi connectivity index (χ0) is 14.5. The van der Waals surface area contributed by atoms with Gasteiger partial charge in [-0.1, -0.05) is 40.5 Å². The zero-order valence-corrected chi connectivity index (χ0v) is 13.5. The van der Waals surface area contributed by atoms with Crippen LogP contribution in [-0.2, 0) is 4.74 Å². The molecule has 0 heterocycles. The molecule has 0 fully saturated rings. The predicted molar refractivity (Wildman–Crippen MR) is 83.7 cm³/mol. The van der Waals surface area contributed by atoms with E-state index >= 15 is 0 Å². The van der Waals surface area contributed by atoms with Crippen LogP contribution >= 0.6 is 0 Å². The Morgan fingerprint density at radius 2 is 1.84 bits per heavy atom. The number of rotatable bonds is 10. The standard InChI is InChI=1S/C15H33N3O/c1-6-14(7-2)11-18-15(16-5)17-9-8-10-19-12-13(3)4/h13-14H,6-12H2,1-5H3,(H2,16,17,18). The van der Waals surface area contributed by atoms with Crippen LogP contribution in [0.1, 0.15) is 47.0 Å². The first kappa shape index (κ1) is 18.2. The van der Waals surface area contributed by atoms with Crippen molar-refractivity contribution >= 4 is 5.96 Å². The fourth-order valence-electron chi connectivity index (χ4n) is 1.74. The average Bonchev–Trinajstić information content (AvgIpc) is 2.40. The van der Waals surface area contributed by atoms with Crippen molar-refractivity contribution < 1.29 is 4.74 Å². The third-order valence-electron chi connectivity index (χ3n) is 3.15. The van der Waals surface area contributed by atoms with E-state index < -0.39 is 0 Å². The molecule has 0 amide bonds. The van der Waals surface area contributed by atoms with Gasteiger partial charge in [-0.2, -0.15) is 0 Å². The summed E-state index contributed by atoms with van der Waals surface area (Å²) >= 11 is 0. The van der Waals surface area contributed by atoms with Crippen molar-refractivity contribution in [1.29, 1.82) is 0 Å². The van der Waals surface area contributed by atoms with Gasteiger partial charge in [-0.05, 0) is 18.3 Å². The van der Waals surface area contributed by atoms with Crippen molar-refractivity contribution in [3.8, 4) is 0 Å². The Morgan fingerprint density at radius 3 is 2.37 bits per heavy atom. The molecule has 4 nitrogen and oxygen atoms in total. The van der Waals surface area contributed by atoms with E-state index in [1.165, 1.54) is 12.8 Å². The van der Waals surface area contributed by atoms with E-state index in [2.05, 4.69) is 43.3 Å². The molecule has 0 rings (SSSR count). The molecule has 0 bridgehead atoms. The normalized spacial score (nSPS) is 12.3. The molecule has 0 aliphatic carbocycles. The highest BCUT2D eigenvalue weighted by Crippen LogP contribution is 2.04. The Hall–Kier alpha value is -0.770. The van der Waals surface area contributed by atoms with Crippen LogP contribution in [-0.4, -0.2) is 39.3 Å². The second kappa shape index (κ2) is 12.3. The van der Waals surface area contributed by atoms with Crippen LogP contribution in [0, 0.1) is 11.8 Å². The van der Waals surface area contributed by atoms with Crippen molar-refractivity contribution in [2.24, 2.45) is 16.8 Å². The maximum atomic E-state index is 5.54. The first-order valence-corrected chi connectivity index (χ1v) is 7.66. The predicted octanol–water partition coefficient (Wildman–Crippen LogP) is 2.65. The molecule has 0 aromatic rings. The van der Waals surface area contributed by atoms with Crippen LogP contribution in [0.5, 0.6) is 0 Å². The van der Waals surface area contributed by atoms with E-state index in [1.807, 2.05) is 7.05 Å². The monoisotopic (exact) mass is 271 g/mol. The SMILES string of the molecule is CCC(CC)CNC(=NC)NCCCOCC(C)C. The molecule has 0 saturated heterocycles. The molecule has 0 unspecified atom stereocenters. The Labute approximate surface area is 119 Å². The van der Waals surface area contributed by atoms with Crippen LogP contribution in [0.3, 0.4) is 0 Å². The highest BCUT2D eigenvalue weighted by atomic mass is 16.5. The summed E-state index contributed by atoms with van der Waals surface area (Å²) in [5.41, 5.74) is 0. The number of hydrogen-bond donors (Lipinski definition) is 2. The maximum absolute atomic E-state index is 5.54. The Kier molecular flexibility index (Phi) is 11.8. The average molecular weight is 271 g/mol. The van der Waals surface area contributed by atoms with E-state index in [0.717, 1.165) is 44.6 Å². The highest BCUT2D eigenvalue weighted by molar-refractivity contribution is 5.79. The molecule has 4 heteroatoms. The lowest BCUT2D eigenvalue weighted by atomic mass is 10.0. The van der Waals surface area contributed by atoms with E-state index in [9.17, 15) is 0 Å². The van der Waals surface area contributed by atoms with Gasteiger partial charge in [-0.25, -0.2) is 0 Å². The van der Waals surface area contributed by atoms with Gasteiger partial charge in [0, 0.05) is 33.4 Å². The first-order chi connectivity index (χ1) is 9.13. The van der Waals surface area contributed by atoms with E-state index in [-0.39, 0.29) is 0 Å². The molecule has 0 aliphatic rings. The Bertz CT molecular complexity index is 225. The van der Waals surface area contributed by atoms with Crippen LogP contribution < -0.4 is 10.6 Å². The Morgan fingerprint density at radius 1 is 1.16 bits per heavy atom. The fourth-order valence-corrected chi connectivity index (χ4v) is 1.74. The molecule has 0 aromatic carbocycles. The molecular formula is C15H33N3O. The summed E-state index contributed by atoms with van der Waals surface area (Å²) in [5, 5.41) is 6.70. The quantitative estimate of drug-likeness (QED) is 0.365. The number of aliphatic imine (C=N–C) groups is 1. The minimum Gasteiger partial charge on any atom is -0.381 e. The van der Waals surface area contributed by atoms with E-state index in [4.69, 9.17) is 4.74 Å². The number of ether oxygens (including phenoxy) is 1. The lowest BCUT2D eigenvalue weighted by molar-refractivity contribution is 0.108. The van der Waals surface area contributed by atoms with Crippen LogP contribution in [0.25, 0.3) is 0 Å². The van der Waals surface area contributed by atoms with Gasteiger partial charge in [-0.15, -0.1) is 0 Å². The molecule has 2 N–H and O–H groups in total. The third-order valence-corrected chi connectivity index (χ3v) is 3.15. The number of nitrogens with zero attached hydrogens (tertiary/aromatic N) is 1. The van der Waals surface area contributed by atoms with Crippen molar-refractivity contribution in [2.45, 2.75) is 47.0 Å². The van der Waals surface area contributed by atoms with Crippen molar-refractivity contribution in [2.75, 3.05) is 33.4 Å². The van der Waals surface area contributed by atoms with Crippen LogP contribution in [0.4, 0.5) is 0 Å². The van der Waals surface area contributed by atoms with Gasteiger partial charge >= 0.3 is 0 Å². The number of nitrogens with one attached hydrogen (secondary N) is 2. The van der Waals surface area contributed by atoms with Crippen molar-refractivity contribution in [3.63, 3.8) is 0 Å². The summed E-state index contributed by atoms with van der Waals surface area (Å²) < 4.78 is 5.54. The molecule has 0 aromatic heterocycles. The zero-order valence-electron chi connectivity index (χ0n) is 13.5. The molecule has 19 heavy (non-hydrogen) atoms. The van der Waals surface area contributed by atoms with Gasteiger partial charge in [0.15, 0.2) is 5.96 Å². The van der Waals surface area contributed by atoms with Gasteiger partial charge in [0.2, 0.25) is 0 Å². The number of hydrogen-bond acceptors (Lipinski definition) is 2.